The molecule has 0 N–H and O–H groups in total. The molecule has 0 saturated heterocycles. The molecule has 7 nitrogen and oxygen atoms in total. The third-order valence-corrected chi connectivity index (χ3v) is 15.6. The van der Waals surface area contributed by atoms with E-state index in [2.05, 4.69) is 265 Å². The fraction of sp³-hybridized carbons (Fsp3) is 0. The minimum absolute atomic E-state index is 0.418. The maximum absolute atomic E-state index is 11.7. The molecular weight excluding hydrogens is 963 g/mol. The molecule has 0 unspecified atom stereocenters. The molecule has 15 aromatic rings. The van der Waals surface area contributed by atoms with Crippen LogP contribution in [0.4, 0.5) is 39.8 Å². The lowest BCUT2D eigenvalue weighted by Crippen LogP contribution is -2.09. The van der Waals surface area contributed by atoms with E-state index in [1.807, 2.05) is 42.5 Å². The first kappa shape index (κ1) is 45.3. The molecule has 15 rings (SSSR count). The van der Waals surface area contributed by atoms with Gasteiger partial charge in [0.2, 0.25) is 5.69 Å². The van der Waals surface area contributed by atoms with Crippen LogP contribution in [0.5, 0.6) is 0 Å². The monoisotopic (exact) mass is 1010 g/mol. The number of para-hydroxylation sites is 6. The van der Waals surface area contributed by atoms with E-state index in [1.54, 1.807) is 0 Å². The highest BCUT2D eigenvalue weighted by atomic mass is 15.2. The molecule has 0 saturated carbocycles. The first-order chi connectivity index (χ1) is 39.1. The predicted molar refractivity (Wildman–Crippen MR) is 327 cm³/mol. The lowest BCUT2D eigenvalue weighted by molar-refractivity contribution is 1.13. The van der Waals surface area contributed by atoms with Gasteiger partial charge in [0, 0.05) is 72.1 Å². The fourth-order valence-electron chi connectivity index (χ4n) is 12.3. The van der Waals surface area contributed by atoms with Crippen LogP contribution in [-0.4, -0.2) is 13.7 Å². The summed E-state index contributed by atoms with van der Waals surface area (Å²) in [6.07, 6.45) is 0. The number of nitrogens with zero attached hydrogens (tertiary/aromatic N) is 7. The average Bonchev–Trinajstić information content (AvgIpc) is 4.21. The zero-order valence-electron chi connectivity index (χ0n) is 42.6. The smallest absolute Gasteiger partial charge is 0.212 e. The van der Waals surface area contributed by atoms with E-state index in [0.29, 0.717) is 22.6 Å². The summed E-state index contributed by atoms with van der Waals surface area (Å²) in [5, 5.41) is 20.3. The summed E-state index contributed by atoms with van der Waals surface area (Å²) >= 11 is 0. The van der Waals surface area contributed by atoms with Gasteiger partial charge in [-0.2, -0.15) is 5.26 Å². The number of fused-ring (bicyclic) bond motifs is 12. The second-order valence-corrected chi connectivity index (χ2v) is 19.9. The van der Waals surface area contributed by atoms with E-state index in [9.17, 15) is 5.26 Å². The van der Waals surface area contributed by atoms with Crippen LogP contribution in [0.2, 0.25) is 0 Å². The molecule has 3 aromatic heterocycles. The van der Waals surface area contributed by atoms with Crippen LogP contribution in [0.15, 0.2) is 273 Å². The maximum atomic E-state index is 11.7. The largest absolute Gasteiger partial charge is 0.319 e. The molecule has 0 fully saturated rings. The van der Waals surface area contributed by atoms with Crippen LogP contribution in [0.1, 0.15) is 5.56 Å². The molecular formula is C72H45N7. The average molecular weight is 1010 g/mol. The first-order valence-corrected chi connectivity index (χ1v) is 26.4. The van der Waals surface area contributed by atoms with Crippen molar-refractivity contribution in [2.45, 2.75) is 0 Å². The lowest BCUT2D eigenvalue weighted by Gasteiger charge is -2.25. The van der Waals surface area contributed by atoms with Gasteiger partial charge in [0.1, 0.15) is 6.07 Å². The minimum Gasteiger partial charge on any atom is -0.319 e. The molecule has 0 radical (unpaired) electrons. The highest BCUT2D eigenvalue weighted by Gasteiger charge is 2.27. The van der Waals surface area contributed by atoms with Crippen molar-refractivity contribution in [3.8, 4) is 23.1 Å². The Hall–Kier alpha value is -11.1. The Morgan fingerprint density at radius 1 is 0.342 bits per heavy atom. The number of hydrogen-bond donors (Lipinski definition) is 0. The second kappa shape index (κ2) is 18.3. The Morgan fingerprint density at radius 2 is 0.810 bits per heavy atom. The van der Waals surface area contributed by atoms with Crippen LogP contribution in [0, 0.1) is 17.9 Å². The summed E-state index contributed by atoms with van der Waals surface area (Å²) in [5.41, 5.74) is 15.1. The van der Waals surface area contributed by atoms with E-state index in [-0.39, 0.29) is 0 Å². The van der Waals surface area contributed by atoms with Crippen LogP contribution in [0.25, 0.3) is 98.1 Å². The summed E-state index contributed by atoms with van der Waals surface area (Å²) in [6, 6.07) is 98.0. The van der Waals surface area contributed by atoms with Gasteiger partial charge in [0.05, 0.1) is 56.6 Å². The molecule has 0 spiro atoms. The number of rotatable bonds is 9. The Bertz CT molecular complexity index is 4890. The molecule has 0 bridgehead atoms. The standard InChI is InChI=1S/C72H45N7/c1-74-63-46-68(49(47-73)43-69(63)78-66-42-37-56(76(52-26-11-4-12-27-52)53-28-13-5-14-29-53)45-62(66)70-57-32-18-17-21-48(57)35-40-67(70)78)79-65-41-36-55(75(50-22-7-2-8-23-50)51-24-9-3-10-25-51)44-61(65)60-39-38-59-58-33-19-20-34-64(58)77(71(59)72(60)79)54-30-15-6-16-31-54/h2-46H. The fourth-order valence-corrected chi connectivity index (χ4v) is 12.3. The van der Waals surface area contributed by atoms with Gasteiger partial charge in [-0.15, -0.1) is 0 Å². The van der Waals surface area contributed by atoms with Gasteiger partial charge >= 0.3 is 0 Å². The quantitative estimate of drug-likeness (QED) is 0.135. The highest BCUT2D eigenvalue weighted by molar-refractivity contribution is 6.25. The topological polar surface area (TPSA) is 49.4 Å². The Morgan fingerprint density at radius 3 is 1.39 bits per heavy atom. The molecule has 0 amide bonds. The molecule has 79 heavy (non-hydrogen) atoms. The van der Waals surface area contributed by atoms with Gasteiger partial charge < -0.3 is 23.5 Å². The summed E-state index contributed by atoms with van der Waals surface area (Å²) in [4.78, 5) is 8.95. The van der Waals surface area contributed by atoms with Crippen molar-refractivity contribution in [3.63, 3.8) is 0 Å². The Balaban J connectivity index is 1.02. The van der Waals surface area contributed by atoms with Crippen molar-refractivity contribution in [1.29, 1.82) is 5.26 Å². The normalized spacial score (nSPS) is 11.5. The van der Waals surface area contributed by atoms with Crippen LogP contribution < -0.4 is 9.80 Å². The number of aromatic nitrogens is 3. The summed E-state index contributed by atoms with van der Waals surface area (Å²) in [5.74, 6) is 0. The predicted octanol–water partition coefficient (Wildman–Crippen LogP) is 19.5. The Kier molecular flexibility index (Phi) is 10.5. The van der Waals surface area contributed by atoms with Crippen molar-refractivity contribution in [1.82, 2.24) is 13.7 Å². The third kappa shape index (κ3) is 7.12. The van der Waals surface area contributed by atoms with E-state index in [1.165, 1.54) is 0 Å². The first-order valence-electron chi connectivity index (χ1n) is 26.4. The second-order valence-electron chi connectivity index (χ2n) is 19.9. The third-order valence-electron chi connectivity index (χ3n) is 15.6. The maximum Gasteiger partial charge on any atom is 0.212 e. The molecule has 12 aromatic carbocycles. The number of hydrogen-bond acceptors (Lipinski definition) is 3. The van der Waals surface area contributed by atoms with Gasteiger partial charge in [-0.1, -0.05) is 152 Å². The lowest BCUT2D eigenvalue weighted by atomic mass is 10.0. The molecule has 0 atom stereocenters. The van der Waals surface area contributed by atoms with Crippen LogP contribution in [0.3, 0.4) is 0 Å². The van der Waals surface area contributed by atoms with Crippen LogP contribution >= 0.6 is 0 Å². The molecule has 0 aliphatic carbocycles. The molecule has 7 heteroatoms. The van der Waals surface area contributed by atoms with Crippen molar-refractivity contribution in [3.05, 3.63) is 290 Å². The molecule has 3 heterocycles. The minimum atomic E-state index is 0.418. The SMILES string of the molecule is [C-]#[N+]c1cc(-n2c3ccc(N(c4ccccc4)c4ccccc4)cc3c3ccc4c5ccccc5n(-c5ccccc5)c4c32)c(C#N)cc1-n1c2ccc(N(c3ccccc3)c3ccccc3)cc2c2c3ccccc3ccc21. The van der Waals surface area contributed by atoms with Gasteiger partial charge in [-0.25, -0.2) is 4.85 Å². The molecule has 0 aliphatic rings. The van der Waals surface area contributed by atoms with Crippen molar-refractivity contribution in [2.75, 3.05) is 9.80 Å². The van der Waals surface area contributed by atoms with Gasteiger partial charge in [-0.05, 0) is 132 Å². The van der Waals surface area contributed by atoms with E-state index in [4.69, 9.17) is 6.57 Å². The van der Waals surface area contributed by atoms with Crippen molar-refractivity contribution in [2.24, 2.45) is 0 Å². The van der Waals surface area contributed by atoms with Gasteiger partial charge in [0.25, 0.3) is 0 Å². The zero-order chi connectivity index (χ0) is 52.6. The summed E-state index contributed by atoms with van der Waals surface area (Å²) in [7, 11) is 0. The van der Waals surface area contributed by atoms with Crippen LogP contribution in [-0.2, 0) is 0 Å². The van der Waals surface area contributed by atoms with Gasteiger partial charge in [-0.3, -0.25) is 0 Å². The number of anilines is 6. The van der Waals surface area contributed by atoms with Gasteiger partial charge in [0.15, 0.2) is 0 Å². The zero-order valence-corrected chi connectivity index (χ0v) is 42.6. The highest BCUT2D eigenvalue weighted by Crippen LogP contribution is 2.48. The number of benzene rings is 12. The van der Waals surface area contributed by atoms with Crippen molar-refractivity contribution < 1.29 is 0 Å². The molecule has 368 valence electrons. The summed E-state index contributed by atoms with van der Waals surface area (Å²) < 4.78 is 6.79. The molecule has 0 aliphatic heterocycles. The van der Waals surface area contributed by atoms with E-state index >= 15 is 0 Å². The van der Waals surface area contributed by atoms with E-state index in [0.717, 1.165) is 116 Å². The number of nitriles is 1. The van der Waals surface area contributed by atoms with Crippen molar-refractivity contribution >= 4 is 116 Å². The van der Waals surface area contributed by atoms with E-state index < -0.39 is 0 Å². The summed E-state index contributed by atoms with van der Waals surface area (Å²) in [6.45, 7) is 9.08. The Labute approximate surface area is 455 Å².